The molecule has 0 atom stereocenters. The van der Waals surface area contributed by atoms with Gasteiger partial charge in [-0.25, -0.2) is 0 Å². The van der Waals surface area contributed by atoms with Crippen LogP contribution in [0.1, 0.15) is 11.8 Å². The molecule has 0 saturated carbocycles. The van der Waals surface area contributed by atoms with Gasteiger partial charge in [0.15, 0.2) is 0 Å². The maximum atomic E-state index is 5.02. The lowest BCUT2D eigenvalue weighted by atomic mass is 10.2. The summed E-state index contributed by atoms with van der Waals surface area (Å²) in [6, 6.07) is 12.8. The SMILES string of the molecule is COCCNCC(C)=Cc1ccc(-c2ccc(Br)cc2)s1. The molecule has 1 aromatic heterocycles. The zero-order valence-corrected chi connectivity index (χ0v) is 14.8. The van der Waals surface area contributed by atoms with Crippen molar-refractivity contribution in [1.29, 1.82) is 0 Å². The monoisotopic (exact) mass is 365 g/mol. The highest BCUT2D eigenvalue weighted by molar-refractivity contribution is 9.10. The van der Waals surface area contributed by atoms with Crippen LogP contribution in [0.3, 0.4) is 0 Å². The van der Waals surface area contributed by atoms with Crippen molar-refractivity contribution < 1.29 is 4.74 Å². The van der Waals surface area contributed by atoms with Crippen LogP contribution in [0.5, 0.6) is 0 Å². The Hall–Kier alpha value is -0.940. The Morgan fingerprint density at radius 3 is 2.71 bits per heavy atom. The van der Waals surface area contributed by atoms with E-state index in [4.69, 9.17) is 4.74 Å². The van der Waals surface area contributed by atoms with Gasteiger partial charge in [0.2, 0.25) is 0 Å². The first kappa shape index (κ1) is 16.4. The Kier molecular flexibility index (Phi) is 6.64. The first-order valence-corrected chi connectivity index (χ1v) is 8.52. The number of thiophene rings is 1. The molecule has 1 aromatic carbocycles. The second-order valence-corrected chi connectivity index (χ2v) is 6.90. The Labute approximate surface area is 139 Å². The zero-order chi connectivity index (χ0) is 15.1. The lowest BCUT2D eigenvalue weighted by molar-refractivity contribution is 0.200. The van der Waals surface area contributed by atoms with E-state index in [1.807, 2.05) is 11.3 Å². The molecule has 0 amide bonds. The molecule has 0 aliphatic rings. The minimum atomic E-state index is 0.750. The largest absolute Gasteiger partial charge is 0.383 e. The molecular formula is C17H20BrNOS. The molecule has 0 fully saturated rings. The number of halogens is 1. The van der Waals surface area contributed by atoms with E-state index in [-0.39, 0.29) is 0 Å². The molecule has 0 radical (unpaired) electrons. The Morgan fingerprint density at radius 2 is 2.00 bits per heavy atom. The lowest BCUT2D eigenvalue weighted by Gasteiger charge is -2.03. The number of rotatable bonds is 7. The predicted molar refractivity (Wildman–Crippen MR) is 95.9 cm³/mol. The van der Waals surface area contributed by atoms with Crippen molar-refractivity contribution in [2.75, 3.05) is 26.8 Å². The van der Waals surface area contributed by atoms with E-state index in [0.29, 0.717) is 0 Å². The summed E-state index contributed by atoms with van der Waals surface area (Å²) in [7, 11) is 1.72. The molecule has 112 valence electrons. The third-order valence-electron chi connectivity index (χ3n) is 3.03. The molecule has 2 nitrogen and oxygen atoms in total. The highest BCUT2D eigenvalue weighted by Gasteiger charge is 2.02. The summed E-state index contributed by atoms with van der Waals surface area (Å²) >= 11 is 5.29. The van der Waals surface area contributed by atoms with Gasteiger partial charge in [-0.15, -0.1) is 11.3 Å². The van der Waals surface area contributed by atoms with Gasteiger partial charge in [-0.1, -0.05) is 33.6 Å². The normalized spacial score (nSPS) is 11.9. The molecule has 1 heterocycles. The topological polar surface area (TPSA) is 21.3 Å². The van der Waals surface area contributed by atoms with Crippen LogP contribution in [0.15, 0.2) is 46.4 Å². The van der Waals surface area contributed by atoms with Gasteiger partial charge in [0.1, 0.15) is 0 Å². The van der Waals surface area contributed by atoms with Gasteiger partial charge >= 0.3 is 0 Å². The summed E-state index contributed by atoms with van der Waals surface area (Å²) < 4.78 is 6.13. The summed E-state index contributed by atoms with van der Waals surface area (Å²) in [4.78, 5) is 2.59. The van der Waals surface area contributed by atoms with Crippen molar-refractivity contribution in [1.82, 2.24) is 5.32 Å². The second kappa shape index (κ2) is 8.49. The van der Waals surface area contributed by atoms with E-state index in [1.165, 1.54) is 20.9 Å². The molecule has 21 heavy (non-hydrogen) atoms. The van der Waals surface area contributed by atoms with E-state index >= 15 is 0 Å². The van der Waals surface area contributed by atoms with Crippen LogP contribution in [-0.2, 0) is 4.74 Å². The molecule has 0 aliphatic heterocycles. The Morgan fingerprint density at radius 1 is 1.24 bits per heavy atom. The molecule has 0 aliphatic carbocycles. The number of benzene rings is 1. The fourth-order valence-electron chi connectivity index (χ4n) is 1.95. The van der Waals surface area contributed by atoms with E-state index < -0.39 is 0 Å². The van der Waals surface area contributed by atoms with Crippen LogP contribution >= 0.6 is 27.3 Å². The second-order valence-electron chi connectivity index (χ2n) is 4.87. The summed E-state index contributed by atoms with van der Waals surface area (Å²) in [5.41, 5.74) is 2.59. The average Bonchev–Trinajstić information content (AvgIpc) is 2.93. The molecule has 2 aromatic rings. The van der Waals surface area contributed by atoms with E-state index in [0.717, 1.165) is 24.2 Å². The summed E-state index contributed by atoms with van der Waals surface area (Å²) in [6.07, 6.45) is 2.24. The van der Waals surface area contributed by atoms with Gasteiger partial charge in [0.25, 0.3) is 0 Å². The van der Waals surface area contributed by atoms with Crippen LogP contribution in [0, 0.1) is 0 Å². The standard InChI is InChI=1S/C17H20BrNOS/c1-13(12-19-9-10-20-2)11-16-7-8-17(21-16)14-3-5-15(18)6-4-14/h3-8,11,19H,9-10,12H2,1-2H3. The summed E-state index contributed by atoms with van der Waals surface area (Å²) in [5.74, 6) is 0. The van der Waals surface area contributed by atoms with Crippen molar-refractivity contribution in [3.8, 4) is 10.4 Å². The highest BCUT2D eigenvalue weighted by atomic mass is 79.9. The Balaban J connectivity index is 1.97. The van der Waals surface area contributed by atoms with E-state index in [2.05, 4.69) is 70.6 Å². The van der Waals surface area contributed by atoms with Gasteiger partial charge in [-0.3, -0.25) is 0 Å². The van der Waals surface area contributed by atoms with Crippen molar-refractivity contribution in [2.45, 2.75) is 6.92 Å². The molecule has 0 saturated heterocycles. The van der Waals surface area contributed by atoms with Crippen molar-refractivity contribution >= 4 is 33.3 Å². The number of hydrogen-bond acceptors (Lipinski definition) is 3. The van der Waals surface area contributed by atoms with E-state index in [1.54, 1.807) is 7.11 Å². The van der Waals surface area contributed by atoms with Crippen LogP contribution in [0.2, 0.25) is 0 Å². The first-order valence-electron chi connectivity index (χ1n) is 6.91. The van der Waals surface area contributed by atoms with E-state index in [9.17, 15) is 0 Å². The van der Waals surface area contributed by atoms with Crippen molar-refractivity contribution in [2.24, 2.45) is 0 Å². The van der Waals surface area contributed by atoms with Crippen LogP contribution < -0.4 is 5.32 Å². The number of methoxy groups -OCH3 is 1. The quantitative estimate of drug-likeness (QED) is 0.710. The number of hydrogen-bond donors (Lipinski definition) is 1. The molecule has 2 rings (SSSR count). The lowest BCUT2D eigenvalue weighted by Crippen LogP contribution is -2.20. The molecular weight excluding hydrogens is 346 g/mol. The maximum Gasteiger partial charge on any atom is 0.0587 e. The average molecular weight is 366 g/mol. The van der Waals surface area contributed by atoms with Crippen molar-refractivity contribution in [3.05, 3.63) is 51.3 Å². The molecule has 4 heteroatoms. The fourth-order valence-corrected chi connectivity index (χ4v) is 3.26. The smallest absolute Gasteiger partial charge is 0.0587 e. The van der Waals surface area contributed by atoms with Crippen LogP contribution in [0.25, 0.3) is 16.5 Å². The molecule has 0 spiro atoms. The van der Waals surface area contributed by atoms with Gasteiger partial charge in [-0.05, 0) is 42.8 Å². The van der Waals surface area contributed by atoms with Crippen LogP contribution in [0.4, 0.5) is 0 Å². The van der Waals surface area contributed by atoms with Gasteiger partial charge in [0, 0.05) is 34.4 Å². The highest BCUT2D eigenvalue weighted by Crippen LogP contribution is 2.30. The maximum absolute atomic E-state index is 5.02. The zero-order valence-electron chi connectivity index (χ0n) is 12.4. The molecule has 0 bridgehead atoms. The predicted octanol–water partition coefficient (Wildman–Crippen LogP) is 4.82. The number of nitrogens with one attached hydrogen (secondary N) is 1. The third kappa shape index (κ3) is 5.40. The van der Waals surface area contributed by atoms with Gasteiger partial charge < -0.3 is 10.1 Å². The molecule has 0 unspecified atom stereocenters. The summed E-state index contributed by atoms with van der Waals surface area (Å²) in [5, 5.41) is 3.36. The minimum absolute atomic E-state index is 0.750. The first-order chi connectivity index (χ1) is 10.2. The van der Waals surface area contributed by atoms with Gasteiger partial charge in [0.05, 0.1) is 6.61 Å². The Bertz CT molecular complexity index is 589. The van der Waals surface area contributed by atoms with Crippen LogP contribution in [-0.4, -0.2) is 26.8 Å². The minimum Gasteiger partial charge on any atom is -0.383 e. The van der Waals surface area contributed by atoms with Gasteiger partial charge in [-0.2, -0.15) is 0 Å². The molecule has 1 N–H and O–H groups in total. The fraction of sp³-hybridized carbons (Fsp3) is 0.294. The number of ether oxygens (including phenoxy) is 1. The third-order valence-corrected chi connectivity index (χ3v) is 4.64. The van der Waals surface area contributed by atoms with Crippen molar-refractivity contribution in [3.63, 3.8) is 0 Å². The summed E-state index contributed by atoms with van der Waals surface area (Å²) in [6.45, 7) is 4.68.